The topological polar surface area (TPSA) is 108 Å². The Morgan fingerprint density at radius 3 is 2.64 bits per heavy atom. The van der Waals surface area contributed by atoms with E-state index in [9.17, 15) is 9.59 Å². The lowest BCUT2D eigenvalue weighted by molar-refractivity contribution is 0.0704. The molecule has 1 unspecified atom stereocenters. The number of carbonyl (C=O) groups is 1. The molecule has 1 N–H and O–H groups in total. The molecule has 0 radical (unpaired) electrons. The van der Waals surface area contributed by atoms with Crippen molar-refractivity contribution in [2.24, 2.45) is 0 Å². The van der Waals surface area contributed by atoms with Gasteiger partial charge in [-0.3, -0.25) is 9.59 Å². The van der Waals surface area contributed by atoms with Gasteiger partial charge in [-0.25, -0.2) is 9.67 Å². The number of rotatable bonds is 3. The molecule has 0 bridgehead atoms. The Morgan fingerprint density at radius 2 is 1.91 bits per heavy atom. The van der Waals surface area contributed by atoms with E-state index in [-0.39, 0.29) is 17.4 Å². The van der Waals surface area contributed by atoms with Gasteiger partial charge in [0.2, 0.25) is 0 Å². The molecule has 1 saturated heterocycles. The first-order valence-corrected chi connectivity index (χ1v) is 10.9. The first kappa shape index (κ1) is 20.6. The number of para-hydroxylation sites is 1. The van der Waals surface area contributed by atoms with Crippen LogP contribution in [0, 0.1) is 18.3 Å². The molecule has 1 amide bonds. The SMILES string of the molecule is Cc1nn(-c2ccccc2)c2nc(C3CCCN(C(=O)c4ccc(C#N)cc4)C3)[nH]c(=O)c12. The molecule has 8 nitrogen and oxygen atoms in total. The molecule has 5 rings (SSSR count). The summed E-state index contributed by atoms with van der Waals surface area (Å²) in [4.78, 5) is 35.5. The third-order valence-electron chi connectivity index (χ3n) is 6.09. The molecular weight excluding hydrogens is 416 g/mol. The van der Waals surface area contributed by atoms with Crippen molar-refractivity contribution in [2.45, 2.75) is 25.7 Å². The van der Waals surface area contributed by atoms with Gasteiger partial charge in [-0.05, 0) is 56.2 Å². The van der Waals surface area contributed by atoms with Gasteiger partial charge in [0, 0.05) is 24.6 Å². The van der Waals surface area contributed by atoms with Gasteiger partial charge in [0.1, 0.15) is 11.2 Å². The fourth-order valence-corrected chi connectivity index (χ4v) is 4.40. The van der Waals surface area contributed by atoms with Crippen LogP contribution in [0.1, 0.15) is 46.2 Å². The number of likely N-dealkylation sites (tertiary alicyclic amines) is 1. The average molecular weight is 438 g/mol. The number of H-pyrrole nitrogens is 1. The van der Waals surface area contributed by atoms with Crippen LogP contribution in [-0.2, 0) is 0 Å². The summed E-state index contributed by atoms with van der Waals surface area (Å²) < 4.78 is 1.70. The fourth-order valence-electron chi connectivity index (χ4n) is 4.40. The Hall–Kier alpha value is -4.25. The van der Waals surface area contributed by atoms with Crippen molar-refractivity contribution in [3.8, 4) is 11.8 Å². The third kappa shape index (κ3) is 3.78. The zero-order chi connectivity index (χ0) is 22.9. The molecule has 4 aromatic rings. The second-order valence-corrected chi connectivity index (χ2v) is 8.26. The average Bonchev–Trinajstić information content (AvgIpc) is 3.21. The first-order chi connectivity index (χ1) is 16.0. The summed E-state index contributed by atoms with van der Waals surface area (Å²) in [7, 11) is 0. The first-order valence-electron chi connectivity index (χ1n) is 10.9. The van der Waals surface area contributed by atoms with Gasteiger partial charge in [-0.1, -0.05) is 18.2 Å². The normalized spacial score (nSPS) is 16.0. The van der Waals surface area contributed by atoms with E-state index in [0.29, 0.717) is 46.8 Å². The highest BCUT2D eigenvalue weighted by Crippen LogP contribution is 2.27. The summed E-state index contributed by atoms with van der Waals surface area (Å²) >= 11 is 0. The Bertz CT molecular complexity index is 1430. The monoisotopic (exact) mass is 438 g/mol. The quantitative estimate of drug-likeness (QED) is 0.528. The number of amides is 1. The minimum Gasteiger partial charge on any atom is -0.338 e. The zero-order valence-corrected chi connectivity index (χ0v) is 18.2. The largest absolute Gasteiger partial charge is 0.338 e. The smallest absolute Gasteiger partial charge is 0.262 e. The van der Waals surface area contributed by atoms with Gasteiger partial charge in [0.05, 0.1) is 23.0 Å². The lowest BCUT2D eigenvalue weighted by Crippen LogP contribution is -2.40. The van der Waals surface area contributed by atoms with Crippen molar-refractivity contribution in [1.29, 1.82) is 5.26 Å². The summed E-state index contributed by atoms with van der Waals surface area (Å²) in [5.41, 5.74) is 2.82. The second kappa shape index (κ2) is 8.36. The van der Waals surface area contributed by atoms with E-state index < -0.39 is 0 Å². The number of piperidine rings is 1. The maximum atomic E-state index is 13.0. The van der Waals surface area contributed by atoms with Crippen LogP contribution in [0.3, 0.4) is 0 Å². The van der Waals surface area contributed by atoms with E-state index >= 15 is 0 Å². The number of nitrogens with one attached hydrogen (secondary N) is 1. The summed E-state index contributed by atoms with van der Waals surface area (Å²) in [5, 5.41) is 14.0. The second-order valence-electron chi connectivity index (χ2n) is 8.26. The summed E-state index contributed by atoms with van der Waals surface area (Å²) in [6.07, 6.45) is 1.63. The molecule has 8 heteroatoms. The number of aromatic nitrogens is 4. The van der Waals surface area contributed by atoms with Gasteiger partial charge >= 0.3 is 0 Å². The van der Waals surface area contributed by atoms with Gasteiger partial charge in [-0.15, -0.1) is 0 Å². The van der Waals surface area contributed by atoms with Crippen LogP contribution in [-0.4, -0.2) is 43.6 Å². The molecular formula is C25H22N6O2. The number of hydrogen-bond acceptors (Lipinski definition) is 5. The van der Waals surface area contributed by atoms with E-state index in [1.165, 1.54) is 0 Å². The van der Waals surface area contributed by atoms with E-state index in [1.54, 1.807) is 40.8 Å². The van der Waals surface area contributed by atoms with Gasteiger partial charge in [-0.2, -0.15) is 10.4 Å². The molecule has 1 aliphatic rings. The van der Waals surface area contributed by atoms with Crippen molar-refractivity contribution >= 4 is 16.9 Å². The maximum Gasteiger partial charge on any atom is 0.262 e. The number of aryl methyl sites for hydroxylation is 1. The van der Waals surface area contributed by atoms with Crippen LogP contribution in [0.2, 0.25) is 0 Å². The molecule has 2 aromatic heterocycles. The molecule has 2 aromatic carbocycles. The Labute approximate surface area is 190 Å². The van der Waals surface area contributed by atoms with Crippen LogP contribution >= 0.6 is 0 Å². The zero-order valence-electron chi connectivity index (χ0n) is 18.2. The number of hydrogen-bond donors (Lipinski definition) is 1. The van der Waals surface area contributed by atoms with E-state index in [1.807, 2.05) is 30.3 Å². The van der Waals surface area contributed by atoms with Crippen LogP contribution in [0.5, 0.6) is 0 Å². The van der Waals surface area contributed by atoms with Crippen LogP contribution in [0.4, 0.5) is 0 Å². The molecule has 0 aliphatic carbocycles. The van der Waals surface area contributed by atoms with Crippen LogP contribution in [0.25, 0.3) is 16.7 Å². The molecule has 3 heterocycles. The van der Waals surface area contributed by atoms with E-state index in [4.69, 9.17) is 10.2 Å². The minimum absolute atomic E-state index is 0.0854. The Balaban J connectivity index is 1.48. The van der Waals surface area contributed by atoms with Gasteiger partial charge in [0.15, 0.2) is 5.65 Å². The summed E-state index contributed by atoms with van der Waals surface area (Å²) in [6, 6.07) is 18.3. The van der Waals surface area contributed by atoms with Gasteiger partial charge < -0.3 is 9.88 Å². The number of nitriles is 1. The van der Waals surface area contributed by atoms with E-state index in [2.05, 4.69) is 16.2 Å². The number of nitrogens with zero attached hydrogens (tertiary/aromatic N) is 5. The predicted molar refractivity (Wildman–Crippen MR) is 123 cm³/mol. The van der Waals surface area contributed by atoms with Gasteiger partial charge in [0.25, 0.3) is 11.5 Å². The number of aromatic amines is 1. The molecule has 1 atom stereocenters. The van der Waals surface area contributed by atoms with Crippen molar-refractivity contribution in [3.05, 3.63) is 87.6 Å². The standard InChI is InChI=1S/C25H22N6O2/c1-16-21-23(31(29-16)20-7-3-2-4-8-20)27-22(28-24(21)32)19-6-5-13-30(15-19)25(33)18-11-9-17(14-26)10-12-18/h2-4,7-12,19H,5-6,13,15H2,1H3,(H,27,28,32). The Kier molecular flexibility index (Phi) is 5.23. The van der Waals surface area contributed by atoms with E-state index in [0.717, 1.165) is 18.5 Å². The van der Waals surface area contributed by atoms with Crippen molar-refractivity contribution in [2.75, 3.05) is 13.1 Å². The minimum atomic E-state index is -0.217. The molecule has 0 saturated carbocycles. The molecule has 33 heavy (non-hydrogen) atoms. The molecule has 164 valence electrons. The lowest BCUT2D eigenvalue weighted by Gasteiger charge is -2.32. The Morgan fingerprint density at radius 1 is 1.15 bits per heavy atom. The lowest BCUT2D eigenvalue weighted by atomic mass is 9.96. The molecule has 0 spiro atoms. The summed E-state index contributed by atoms with van der Waals surface area (Å²) in [5.74, 6) is 0.400. The summed E-state index contributed by atoms with van der Waals surface area (Å²) in [6.45, 7) is 2.91. The highest BCUT2D eigenvalue weighted by atomic mass is 16.2. The number of benzene rings is 2. The number of carbonyl (C=O) groups excluding carboxylic acids is 1. The third-order valence-corrected chi connectivity index (χ3v) is 6.09. The van der Waals surface area contributed by atoms with Crippen LogP contribution < -0.4 is 5.56 Å². The molecule has 1 fully saturated rings. The highest BCUT2D eigenvalue weighted by Gasteiger charge is 2.28. The maximum absolute atomic E-state index is 13.0. The predicted octanol–water partition coefficient (Wildman–Crippen LogP) is 3.31. The van der Waals surface area contributed by atoms with Crippen LogP contribution in [0.15, 0.2) is 59.4 Å². The van der Waals surface area contributed by atoms with Crippen molar-refractivity contribution < 1.29 is 4.79 Å². The van der Waals surface area contributed by atoms with Crippen molar-refractivity contribution in [3.63, 3.8) is 0 Å². The number of fused-ring (bicyclic) bond motifs is 1. The fraction of sp³-hybridized carbons (Fsp3) is 0.240. The molecule has 1 aliphatic heterocycles. The highest BCUT2D eigenvalue weighted by molar-refractivity contribution is 5.94. The van der Waals surface area contributed by atoms with Crippen molar-refractivity contribution in [1.82, 2.24) is 24.6 Å².